The topological polar surface area (TPSA) is 49.9 Å². The maximum absolute atomic E-state index is 13.0. The third-order valence-electron chi connectivity index (χ3n) is 6.08. The first-order chi connectivity index (χ1) is 12.2. The van der Waals surface area contributed by atoms with Gasteiger partial charge in [-0.25, -0.2) is 8.42 Å². The summed E-state index contributed by atoms with van der Waals surface area (Å²) in [5.41, 5.74) is 0. The minimum absolute atomic E-state index is 0.365. The van der Waals surface area contributed by atoms with E-state index in [4.69, 9.17) is 4.74 Å². The summed E-state index contributed by atoms with van der Waals surface area (Å²) >= 11 is 0. The van der Waals surface area contributed by atoms with Crippen LogP contribution in [0.5, 0.6) is 0 Å². The van der Waals surface area contributed by atoms with E-state index >= 15 is 0 Å². The van der Waals surface area contributed by atoms with Crippen molar-refractivity contribution in [2.45, 2.75) is 49.1 Å². The normalized spacial score (nSPS) is 30.1. The highest BCUT2D eigenvalue weighted by Gasteiger charge is 2.44. The molecule has 0 N–H and O–H groups in total. The van der Waals surface area contributed by atoms with E-state index in [9.17, 15) is 8.42 Å². The molecule has 3 heterocycles. The molecule has 0 aromatic heterocycles. The van der Waals surface area contributed by atoms with E-state index in [1.54, 1.807) is 28.6 Å². The molecule has 0 bridgehead atoms. The van der Waals surface area contributed by atoms with Gasteiger partial charge in [0.05, 0.1) is 4.90 Å². The molecule has 4 rings (SSSR count). The Morgan fingerprint density at radius 1 is 0.960 bits per heavy atom. The molecule has 1 aromatic rings. The highest BCUT2D eigenvalue weighted by atomic mass is 32.2. The van der Waals surface area contributed by atoms with E-state index in [2.05, 4.69) is 4.90 Å². The molecule has 0 amide bonds. The minimum atomic E-state index is -3.38. The quantitative estimate of drug-likeness (QED) is 0.826. The fraction of sp³-hybridized carbons (Fsp3) is 0.684. The van der Waals surface area contributed by atoms with Gasteiger partial charge in [0.15, 0.2) is 0 Å². The van der Waals surface area contributed by atoms with Crippen molar-refractivity contribution in [3.8, 4) is 0 Å². The van der Waals surface area contributed by atoms with Crippen molar-refractivity contribution in [1.82, 2.24) is 9.21 Å². The van der Waals surface area contributed by atoms with E-state index in [1.807, 2.05) is 6.07 Å². The molecule has 0 spiro atoms. The van der Waals surface area contributed by atoms with Gasteiger partial charge in [0.25, 0.3) is 0 Å². The second kappa shape index (κ2) is 7.35. The molecule has 2 atom stereocenters. The molecule has 0 unspecified atom stereocenters. The monoisotopic (exact) mass is 364 g/mol. The van der Waals surface area contributed by atoms with Crippen LogP contribution in [-0.2, 0) is 14.8 Å². The number of likely N-dealkylation sites (tertiary alicyclic amines) is 1. The van der Waals surface area contributed by atoms with Gasteiger partial charge in [0.1, 0.15) is 0 Å². The summed E-state index contributed by atoms with van der Waals surface area (Å²) in [5, 5.41) is 0. The zero-order chi connectivity index (χ0) is 17.3. The van der Waals surface area contributed by atoms with Crippen molar-refractivity contribution in [3.05, 3.63) is 30.3 Å². The van der Waals surface area contributed by atoms with E-state index in [0.717, 1.165) is 39.0 Å². The molecule has 3 aliphatic rings. The van der Waals surface area contributed by atoms with Crippen molar-refractivity contribution in [2.75, 3.05) is 32.8 Å². The predicted molar refractivity (Wildman–Crippen MR) is 96.9 cm³/mol. The first-order valence-corrected chi connectivity index (χ1v) is 11.0. The first kappa shape index (κ1) is 17.5. The van der Waals surface area contributed by atoms with Crippen LogP contribution in [0.4, 0.5) is 0 Å². The van der Waals surface area contributed by atoms with Crippen molar-refractivity contribution in [1.29, 1.82) is 0 Å². The van der Waals surface area contributed by atoms with Gasteiger partial charge in [-0.15, -0.1) is 0 Å². The smallest absolute Gasteiger partial charge is 0.243 e. The van der Waals surface area contributed by atoms with Gasteiger partial charge in [0, 0.05) is 38.4 Å². The number of ether oxygens (including phenoxy) is 1. The third kappa shape index (κ3) is 3.50. The molecule has 5 nitrogen and oxygen atoms in total. The number of benzene rings is 1. The molecule has 0 aliphatic carbocycles. The Morgan fingerprint density at radius 3 is 2.48 bits per heavy atom. The Hall–Kier alpha value is -0.950. The number of rotatable bonds is 3. The van der Waals surface area contributed by atoms with Crippen LogP contribution in [0.25, 0.3) is 0 Å². The Balaban J connectivity index is 1.55. The number of hydrogen-bond acceptors (Lipinski definition) is 4. The molecule has 3 aliphatic heterocycles. The summed E-state index contributed by atoms with van der Waals surface area (Å²) in [6.45, 7) is 4.08. The SMILES string of the molecule is O=S(=O)(c1ccccc1)N1C[C@@H]2CCCCN(C3CCOCC3)[C@@H]2C1. The molecule has 3 saturated heterocycles. The highest BCUT2D eigenvalue weighted by Crippen LogP contribution is 2.35. The Kier molecular flexibility index (Phi) is 5.13. The average molecular weight is 365 g/mol. The molecular weight excluding hydrogens is 336 g/mol. The third-order valence-corrected chi connectivity index (χ3v) is 7.93. The Morgan fingerprint density at radius 2 is 1.72 bits per heavy atom. The van der Waals surface area contributed by atoms with Crippen LogP contribution in [0.1, 0.15) is 32.1 Å². The molecule has 6 heteroatoms. The van der Waals surface area contributed by atoms with Crippen LogP contribution in [0, 0.1) is 5.92 Å². The molecule has 0 radical (unpaired) electrons. The van der Waals surface area contributed by atoms with Gasteiger partial charge in [0.2, 0.25) is 10.0 Å². The van der Waals surface area contributed by atoms with Crippen molar-refractivity contribution < 1.29 is 13.2 Å². The lowest BCUT2D eigenvalue weighted by atomic mass is 9.96. The second-order valence-corrected chi connectivity index (χ2v) is 9.48. The summed E-state index contributed by atoms with van der Waals surface area (Å²) in [4.78, 5) is 3.05. The highest BCUT2D eigenvalue weighted by molar-refractivity contribution is 7.89. The zero-order valence-corrected chi connectivity index (χ0v) is 15.5. The van der Waals surface area contributed by atoms with E-state index < -0.39 is 10.0 Å². The molecule has 3 fully saturated rings. The largest absolute Gasteiger partial charge is 0.381 e. The van der Waals surface area contributed by atoms with Crippen LogP contribution in [0.2, 0.25) is 0 Å². The van der Waals surface area contributed by atoms with Crippen LogP contribution in [0.3, 0.4) is 0 Å². The lowest BCUT2D eigenvalue weighted by molar-refractivity contribution is 0.0151. The zero-order valence-electron chi connectivity index (χ0n) is 14.7. The summed E-state index contributed by atoms with van der Waals surface area (Å²) in [6, 6.07) is 9.80. The fourth-order valence-electron chi connectivity index (χ4n) is 4.75. The van der Waals surface area contributed by atoms with Crippen LogP contribution in [-0.4, -0.2) is 62.6 Å². The number of hydrogen-bond donors (Lipinski definition) is 0. The van der Waals surface area contributed by atoms with Crippen LogP contribution in [0.15, 0.2) is 35.2 Å². The van der Waals surface area contributed by atoms with E-state index in [1.165, 1.54) is 12.8 Å². The summed E-state index contributed by atoms with van der Waals surface area (Å²) in [6.07, 6.45) is 5.74. The Labute approximate surface area is 151 Å². The number of fused-ring (bicyclic) bond motifs is 1. The van der Waals surface area contributed by atoms with Gasteiger partial charge in [-0.3, -0.25) is 4.90 Å². The van der Waals surface area contributed by atoms with Gasteiger partial charge in [-0.05, 0) is 50.3 Å². The summed E-state index contributed by atoms with van der Waals surface area (Å²) < 4.78 is 33.3. The van der Waals surface area contributed by atoms with Gasteiger partial charge in [-0.2, -0.15) is 4.31 Å². The maximum Gasteiger partial charge on any atom is 0.243 e. The lowest BCUT2D eigenvalue weighted by Gasteiger charge is -2.39. The standard InChI is InChI=1S/C19H28N2O3S/c22-25(23,18-7-2-1-3-8-18)20-14-16-6-4-5-11-21(19(16)15-20)17-9-12-24-13-10-17/h1-3,7-8,16-17,19H,4-6,9-15H2/t16-,19+/m0/s1. The van der Waals surface area contributed by atoms with E-state index in [-0.39, 0.29) is 0 Å². The number of nitrogens with zero attached hydrogens (tertiary/aromatic N) is 2. The van der Waals surface area contributed by atoms with Crippen molar-refractivity contribution in [3.63, 3.8) is 0 Å². The van der Waals surface area contributed by atoms with Crippen molar-refractivity contribution >= 4 is 10.0 Å². The fourth-order valence-corrected chi connectivity index (χ4v) is 6.29. The van der Waals surface area contributed by atoms with Gasteiger partial charge < -0.3 is 4.74 Å². The Bertz CT molecular complexity index is 673. The van der Waals surface area contributed by atoms with E-state index in [0.29, 0.717) is 36.0 Å². The summed E-state index contributed by atoms with van der Waals surface area (Å²) in [5.74, 6) is 0.462. The van der Waals surface area contributed by atoms with Crippen LogP contribution < -0.4 is 0 Å². The molecule has 0 saturated carbocycles. The molecular formula is C19H28N2O3S. The predicted octanol–water partition coefficient (Wildman–Crippen LogP) is 2.34. The maximum atomic E-state index is 13.0. The lowest BCUT2D eigenvalue weighted by Crippen LogP contribution is -2.49. The minimum Gasteiger partial charge on any atom is -0.381 e. The van der Waals surface area contributed by atoms with Crippen molar-refractivity contribution in [2.24, 2.45) is 5.92 Å². The van der Waals surface area contributed by atoms with Gasteiger partial charge >= 0.3 is 0 Å². The second-order valence-electron chi connectivity index (χ2n) is 7.54. The van der Waals surface area contributed by atoms with Crippen LogP contribution >= 0.6 is 0 Å². The van der Waals surface area contributed by atoms with Gasteiger partial charge in [-0.1, -0.05) is 24.6 Å². The average Bonchev–Trinajstić information content (AvgIpc) is 2.98. The molecule has 1 aromatic carbocycles. The first-order valence-electron chi connectivity index (χ1n) is 9.55. The molecule has 25 heavy (non-hydrogen) atoms. The number of sulfonamides is 1. The molecule has 138 valence electrons. The summed E-state index contributed by atoms with van der Waals surface area (Å²) in [7, 11) is -3.38.